The number of unbranched alkanes of at least 4 members (excludes halogenated alkanes) is 1. The summed E-state index contributed by atoms with van der Waals surface area (Å²) in [5, 5.41) is 10.4. The van der Waals surface area contributed by atoms with Crippen molar-refractivity contribution in [2.75, 3.05) is 7.11 Å². The molecular weight excluding hydrogens is 442 g/mol. The molecule has 0 saturated carbocycles. The number of aromatic amines is 1. The molecule has 3 aromatic heterocycles. The van der Waals surface area contributed by atoms with Gasteiger partial charge in [-0.1, -0.05) is 25.1 Å². The monoisotopic (exact) mass is 469 g/mol. The molecule has 1 N–H and O–H groups in total. The minimum absolute atomic E-state index is 0.0781. The Labute approximate surface area is 195 Å². The average Bonchev–Trinajstić information content (AvgIpc) is 3.32. The molecule has 32 heavy (non-hydrogen) atoms. The fourth-order valence-corrected chi connectivity index (χ4v) is 5.49. The molecular formula is C23H27N5O2S2. The molecule has 9 heteroatoms. The van der Waals surface area contributed by atoms with Crippen molar-refractivity contribution in [3.05, 3.63) is 50.9 Å². The Hall–Kier alpha value is -2.65. The third-order valence-electron chi connectivity index (χ3n) is 5.52. The minimum Gasteiger partial charge on any atom is -0.497 e. The topological polar surface area (TPSA) is 85.7 Å². The van der Waals surface area contributed by atoms with E-state index in [1.54, 1.807) is 30.2 Å². The first-order valence-corrected chi connectivity index (χ1v) is 12.4. The van der Waals surface area contributed by atoms with E-state index in [-0.39, 0.29) is 10.8 Å². The molecule has 0 aliphatic carbocycles. The Morgan fingerprint density at radius 1 is 1.22 bits per heavy atom. The molecule has 1 atom stereocenters. The lowest BCUT2D eigenvalue weighted by Gasteiger charge is -2.13. The van der Waals surface area contributed by atoms with Crippen LogP contribution in [0, 0.1) is 13.8 Å². The zero-order valence-corrected chi connectivity index (χ0v) is 20.6. The fourth-order valence-electron chi connectivity index (χ4n) is 3.53. The second-order valence-corrected chi connectivity index (χ2v) is 10.2. The van der Waals surface area contributed by atoms with Crippen LogP contribution in [-0.2, 0) is 6.54 Å². The Kier molecular flexibility index (Phi) is 6.66. The predicted molar refractivity (Wildman–Crippen MR) is 131 cm³/mol. The summed E-state index contributed by atoms with van der Waals surface area (Å²) in [6.07, 6.45) is 2.10. The second kappa shape index (κ2) is 9.46. The molecule has 3 heterocycles. The summed E-state index contributed by atoms with van der Waals surface area (Å²) >= 11 is 3.13. The number of nitrogens with zero attached hydrogens (tertiary/aromatic N) is 4. The van der Waals surface area contributed by atoms with Gasteiger partial charge in [-0.05, 0) is 57.0 Å². The maximum Gasteiger partial charge on any atom is 0.259 e. The summed E-state index contributed by atoms with van der Waals surface area (Å²) in [6, 6.07) is 7.85. The van der Waals surface area contributed by atoms with Crippen LogP contribution in [0.15, 0.2) is 34.2 Å². The summed E-state index contributed by atoms with van der Waals surface area (Å²) in [5.74, 6) is 2.29. The highest BCUT2D eigenvalue weighted by Crippen LogP contribution is 2.35. The number of thioether (sulfide) groups is 1. The van der Waals surface area contributed by atoms with E-state index in [1.165, 1.54) is 0 Å². The van der Waals surface area contributed by atoms with E-state index < -0.39 is 0 Å². The molecule has 0 fully saturated rings. The van der Waals surface area contributed by atoms with Crippen LogP contribution in [0.1, 0.15) is 48.2 Å². The predicted octanol–water partition coefficient (Wildman–Crippen LogP) is 5.52. The number of hydrogen-bond donors (Lipinski definition) is 1. The number of benzene rings is 1. The van der Waals surface area contributed by atoms with Gasteiger partial charge in [0.25, 0.3) is 5.56 Å². The van der Waals surface area contributed by atoms with Crippen LogP contribution < -0.4 is 10.3 Å². The quantitative estimate of drug-likeness (QED) is 0.342. The van der Waals surface area contributed by atoms with Crippen molar-refractivity contribution in [1.82, 2.24) is 24.7 Å². The Bertz CT molecular complexity index is 1290. The van der Waals surface area contributed by atoms with Crippen LogP contribution in [0.2, 0.25) is 0 Å². The average molecular weight is 470 g/mol. The third kappa shape index (κ3) is 4.31. The van der Waals surface area contributed by atoms with Crippen LogP contribution in [0.5, 0.6) is 5.75 Å². The van der Waals surface area contributed by atoms with Crippen molar-refractivity contribution in [3.8, 4) is 17.1 Å². The van der Waals surface area contributed by atoms with Gasteiger partial charge in [0, 0.05) is 17.0 Å². The van der Waals surface area contributed by atoms with Crippen LogP contribution in [0.4, 0.5) is 0 Å². The van der Waals surface area contributed by atoms with Crippen LogP contribution >= 0.6 is 23.1 Å². The zero-order valence-electron chi connectivity index (χ0n) is 18.9. The smallest absolute Gasteiger partial charge is 0.259 e. The molecule has 0 aliphatic rings. The normalized spacial score (nSPS) is 12.4. The van der Waals surface area contributed by atoms with Crippen molar-refractivity contribution in [1.29, 1.82) is 0 Å². The SMILES string of the molecule is CCCCn1c(SC(C)c2nc3sc(C)c(C)c3c(=O)[nH]2)nnc1-c1ccc(OC)cc1. The van der Waals surface area contributed by atoms with Gasteiger partial charge in [-0.15, -0.1) is 21.5 Å². The number of H-pyrrole nitrogens is 1. The van der Waals surface area contributed by atoms with E-state index in [0.29, 0.717) is 11.2 Å². The first-order valence-electron chi connectivity index (χ1n) is 10.7. The number of aromatic nitrogens is 5. The minimum atomic E-state index is -0.0805. The molecule has 4 aromatic rings. The second-order valence-electron chi connectivity index (χ2n) is 7.71. The molecule has 4 rings (SSSR count). The van der Waals surface area contributed by atoms with Gasteiger partial charge >= 0.3 is 0 Å². The van der Waals surface area contributed by atoms with Gasteiger partial charge in [-0.3, -0.25) is 4.79 Å². The van der Waals surface area contributed by atoms with E-state index >= 15 is 0 Å². The summed E-state index contributed by atoms with van der Waals surface area (Å²) in [7, 11) is 1.66. The number of aryl methyl sites for hydroxylation is 2. The molecule has 0 spiro atoms. The van der Waals surface area contributed by atoms with Gasteiger partial charge < -0.3 is 14.3 Å². The van der Waals surface area contributed by atoms with E-state index in [4.69, 9.17) is 9.72 Å². The zero-order chi connectivity index (χ0) is 22.8. The first kappa shape index (κ1) is 22.5. The van der Waals surface area contributed by atoms with Crippen molar-refractivity contribution in [2.24, 2.45) is 0 Å². The third-order valence-corrected chi connectivity index (χ3v) is 7.72. The number of thiophene rings is 1. The van der Waals surface area contributed by atoms with Crippen LogP contribution in [0.25, 0.3) is 21.6 Å². The van der Waals surface area contributed by atoms with Crippen molar-refractivity contribution in [2.45, 2.75) is 57.5 Å². The fraction of sp³-hybridized carbons (Fsp3) is 0.391. The molecule has 1 aromatic carbocycles. The van der Waals surface area contributed by atoms with Crippen LogP contribution in [-0.4, -0.2) is 31.8 Å². The van der Waals surface area contributed by atoms with Crippen molar-refractivity contribution < 1.29 is 4.74 Å². The number of hydrogen-bond acceptors (Lipinski definition) is 7. The van der Waals surface area contributed by atoms with Crippen molar-refractivity contribution in [3.63, 3.8) is 0 Å². The van der Waals surface area contributed by atoms with Gasteiger partial charge in [0.2, 0.25) is 0 Å². The molecule has 7 nitrogen and oxygen atoms in total. The van der Waals surface area contributed by atoms with Crippen molar-refractivity contribution >= 4 is 33.3 Å². The lowest BCUT2D eigenvalue weighted by Crippen LogP contribution is -2.13. The summed E-state index contributed by atoms with van der Waals surface area (Å²) in [5.41, 5.74) is 1.92. The van der Waals surface area contributed by atoms with Crippen LogP contribution in [0.3, 0.4) is 0 Å². The number of methoxy groups -OCH3 is 1. The Balaban J connectivity index is 1.66. The highest BCUT2D eigenvalue weighted by molar-refractivity contribution is 7.99. The Morgan fingerprint density at radius 2 is 1.97 bits per heavy atom. The molecule has 1 unspecified atom stereocenters. The van der Waals surface area contributed by atoms with Gasteiger partial charge in [0.1, 0.15) is 16.4 Å². The van der Waals surface area contributed by atoms with E-state index in [2.05, 4.69) is 26.7 Å². The number of rotatable bonds is 8. The van der Waals surface area contributed by atoms with Gasteiger partial charge in [-0.25, -0.2) is 4.98 Å². The molecule has 0 bridgehead atoms. The van der Waals surface area contributed by atoms with Gasteiger partial charge in [0.05, 0.1) is 17.7 Å². The number of nitrogens with one attached hydrogen (secondary N) is 1. The Morgan fingerprint density at radius 3 is 2.66 bits per heavy atom. The van der Waals surface area contributed by atoms with Gasteiger partial charge in [0.15, 0.2) is 11.0 Å². The standard InChI is InChI=1S/C23H27N5O2S2/c1-6-7-12-28-20(16-8-10-17(30-5)11-9-16)26-27-23(28)32-15(4)19-24-21(29)18-13(2)14(3)31-22(18)25-19/h8-11,15H,6-7,12H2,1-5H3,(H,24,25,29). The maximum atomic E-state index is 12.7. The molecule has 0 radical (unpaired) electrons. The van der Waals surface area contributed by atoms with E-state index in [9.17, 15) is 4.79 Å². The maximum absolute atomic E-state index is 12.7. The number of fused-ring (bicyclic) bond motifs is 1. The molecule has 0 saturated heterocycles. The highest BCUT2D eigenvalue weighted by atomic mass is 32.2. The summed E-state index contributed by atoms with van der Waals surface area (Å²) in [4.78, 5) is 22.4. The summed E-state index contributed by atoms with van der Waals surface area (Å²) in [6.45, 7) is 9.03. The molecule has 168 valence electrons. The van der Waals surface area contributed by atoms with Gasteiger partial charge in [-0.2, -0.15) is 0 Å². The lowest BCUT2D eigenvalue weighted by molar-refractivity contribution is 0.415. The molecule has 0 amide bonds. The lowest BCUT2D eigenvalue weighted by atomic mass is 10.2. The number of ether oxygens (including phenoxy) is 1. The van der Waals surface area contributed by atoms with E-state index in [1.807, 2.05) is 45.0 Å². The summed E-state index contributed by atoms with van der Waals surface area (Å²) < 4.78 is 7.43. The molecule has 0 aliphatic heterocycles. The highest BCUT2D eigenvalue weighted by Gasteiger charge is 2.20. The first-order chi connectivity index (χ1) is 15.4. The van der Waals surface area contributed by atoms with E-state index in [0.717, 1.165) is 57.0 Å². The largest absolute Gasteiger partial charge is 0.497 e.